The largest absolute Gasteiger partial charge is 0.494 e. The Bertz CT molecular complexity index is 670. The van der Waals surface area contributed by atoms with Crippen LogP contribution >= 0.6 is 11.3 Å². The molecule has 0 aliphatic heterocycles. The van der Waals surface area contributed by atoms with Crippen molar-refractivity contribution in [3.63, 3.8) is 0 Å². The first-order valence-electron chi connectivity index (χ1n) is 6.27. The molecular weight excluding hydrogens is 293 g/mol. The van der Waals surface area contributed by atoms with Gasteiger partial charge >= 0.3 is 0 Å². The quantitative estimate of drug-likeness (QED) is 0.863. The van der Waals surface area contributed by atoms with Gasteiger partial charge in [-0.25, -0.2) is 4.39 Å². The Hall–Kier alpha value is -2.28. The zero-order chi connectivity index (χ0) is 15.2. The van der Waals surface area contributed by atoms with Crippen LogP contribution in [-0.2, 0) is 11.2 Å². The molecule has 0 aliphatic carbocycles. The number of nitrogens with zero attached hydrogens (tertiary/aromatic N) is 2. The minimum atomic E-state index is -0.475. The van der Waals surface area contributed by atoms with Gasteiger partial charge in [-0.1, -0.05) is 24.3 Å². The number of anilines is 1. The molecule has 1 aromatic heterocycles. The van der Waals surface area contributed by atoms with E-state index in [-0.39, 0.29) is 11.7 Å². The van der Waals surface area contributed by atoms with E-state index in [2.05, 4.69) is 15.5 Å². The molecule has 0 bridgehead atoms. The molecule has 0 fully saturated rings. The number of aromatic nitrogens is 2. The molecule has 0 spiro atoms. The standard InChI is InChI=1S/C14H14FN3O2S/c1-3-13-17-18-14(21-13)16-12(19)7-5-9-4-6-11(20-2)10(15)8-9/h4-8H,3H2,1-2H3,(H,16,18,19). The van der Waals surface area contributed by atoms with Gasteiger partial charge in [-0.15, -0.1) is 10.2 Å². The predicted molar refractivity (Wildman–Crippen MR) is 79.9 cm³/mol. The second-order valence-electron chi connectivity index (χ2n) is 4.07. The Kier molecular flexibility index (Phi) is 4.99. The molecule has 0 aliphatic rings. The molecule has 1 N–H and O–H groups in total. The number of nitrogens with one attached hydrogen (secondary N) is 1. The zero-order valence-electron chi connectivity index (χ0n) is 11.6. The minimum absolute atomic E-state index is 0.164. The van der Waals surface area contributed by atoms with Gasteiger partial charge in [0.2, 0.25) is 11.0 Å². The average molecular weight is 307 g/mol. The maximum Gasteiger partial charge on any atom is 0.250 e. The lowest BCUT2D eigenvalue weighted by Gasteiger charge is -2.01. The van der Waals surface area contributed by atoms with Crippen molar-refractivity contribution in [3.8, 4) is 5.75 Å². The van der Waals surface area contributed by atoms with Gasteiger partial charge < -0.3 is 4.74 Å². The van der Waals surface area contributed by atoms with Crippen LogP contribution in [0.25, 0.3) is 6.08 Å². The van der Waals surface area contributed by atoms with Crippen LogP contribution in [0.15, 0.2) is 24.3 Å². The highest BCUT2D eigenvalue weighted by Crippen LogP contribution is 2.19. The lowest BCUT2D eigenvalue weighted by molar-refractivity contribution is -0.111. The van der Waals surface area contributed by atoms with Gasteiger partial charge in [0.05, 0.1) is 7.11 Å². The van der Waals surface area contributed by atoms with Crippen molar-refractivity contribution < 1.29 is 13.9 Å². The number of amides is 1. The van der Waals surface area contributed by atoms with E-state index < -0.39 is 5.82 Å². The van der Waals surface area contributed by atoms with Crippen molar-refractivity contribution in [2.24, 2.45) is 0 Å². The Labute approximate surface area is 125 Å². The Morgan fingerprint density at radius 2 is 2.29 bits per heavy atom. The molecule has 1 aromatic carbocycles. The number of aryl methyl sites for hydroxylation is 1. The summed E-state index contributed by atoms with van der Waals surface area (Å²) in [5.74, 6) is -0.653. The second kappa shape index (κ2) is 6.94. The number of ether oxygens (including phenoxy) is 1. The number of rotatable bonds is 5. The summed E-state index contributed by atoms with van der Waals surface area (Å²) in [5.41, 5.74) is 0.565. The number of carbonyl (C=O) groups excluding carboxylic acids is 1. The van der Waals surface area contributed by atoms with Crippen LogP contribution in [0.1, 0.15) is 17.5 Å². The summed E-state index contributed by atoms with van der Waals surface area (Å²) in [5, 5.41) is 11.7. The molecule has 0 atom stereocenters. The van der Waals surface area contributed by atoms with Gasteiger partial charge in [-0.3, -0.25) is 10.1 Å². The smallest absolute Gasteiger partial charge is 0.250 e. The van der Waals surface area contributed by atoms with Gasteiger partial charge in [0, 0.05) is 6.08 Å². The predicted octanol–water partition coefficient (Wildman–Crippen LogP) is 2.90. The van der Waals surface area contributed by atoms with E-state index in [1.165, 1.54) is 42.7 Å². The van der Waals surface area contributed by atoms with Crippen molar-refractivity contribution in [1.29, 1.82) is 0 Å². The maximum atomic E-state index is 13.5. The molecule has 0 saturated heterocycles. The van der Waals surface area contributed by atoms with E-state index in [0.29, 0.717) is 10.7 Å². The van der Waals surface area contributed by atoms with Crippen molar-refractivity contribution in [1.82, 2.24) is 10.2 Å². The van der Waals surface area contributed by atoms with Crippen LogP contribution < -0.4 is 10.1 Å². The minimum Gasteiger partial charge on any atom is -0.494 e. The van der Waals surface area contributed by atoms with E-state index in [0.717, 1.165) is 11.4 Å². The SMILES string of the molecule is CCc1nnc(NC(=O)C=Cc2ccc(OC)c(F)c2)s1. The number of hydrogen-bond acceptors (Lipinski definition) is 5. The molecule has 21 heavy (non-hydrogen) atoms. The summed E-state index contributed by atoms with van der Waals surface area (Å²) in [7, 11) is 1.40. The van der Waals surface area contributed by atoms with E-state index in [1.54, 1.807) is 6.07 Å². The first-order chi connectivity index (χ1) is 10.1. The fraction of sp³-hybridized carbons (Fsp3) is 0.214. The third-order valence-electron chi connectivity index (χ3n) is 2.60. The summed E-state index contributed by atoms with van der Waals surface area (Å²) >= 11 is 1.33. The highest BCUT2D eigenvalue weighted by molar-refractivity contribution is 7.15. The highest BCUT2D eigenvalue weighted by atomic mass is 32.1. The van der Waals surface area contributed by atoms with Crippen molar-refractivity contribution >= 4 is 28.5 Å². The normalized spacial score (nSPS) is 10.8. The van der Waals surface area contributed by atoms with Crippen LogP contribution in [-0.4, -0.2) is 23.2 Å². The number of carbonyl (C=O) groups is 1. The summed E-state index contributed by atoms with van der Waals surface area (Å²) < 4.78 is 18.3. The Morgan fingerprint density at radius 3 is 2.90 bits per heavy atom. The Morgan fingerprint density at radius 1 is 1.48 bits per heavy atom. The van der Waals surface area contributed by atoms with Gasteiger partial charge in [-0.2, -0.15) is 0 Å². The van der Waals surface area contributed by atoms with E-state index in [1.807, 2.05) is 6.92 Å². The van der Waals surface area contributed by atoms with Crippen LogP contribution in [0.5, 0.6) is 5.75 Å². The van der Waals surface area contributed by atoms with Gasteiger partial charge in [0.25, 0.3) is 0 Å². The van der Waals surface area contributed by atoms with Crippen LogP contribution in [0.2, 0.25) is 0 Å². The lowest BCUT2D eigenvalue weighted by Crippen LogP contribution is -2.07. The number of hydrogen-bond donors (Lipinski definition) is 1. The molecule has 5 nitrogen and oxygen atoms in total. The van der Waals surface area contributed by atoms with Crippen molar-refractivity contribution in [2.45, 2.75) is 13.3 Å². The topological polar surface area (TPSA) is 64.1 Å². The molecule has 2 rings (SSSR count). The molecule has 1 heterocycles. The molecule has 1 amide bonds. The number of methoxy groups -OCH3 is 1. The average Bonchev–Trinajstić information content (AvgIpc) is 2.93. The van der Waals surface area contributed by atoms with Crippen LogP contribution in [0.4, 0.5) is 9.52 Å². The molecule has 2 aromatic rings. The molecule has 0 saturated carbocycles. The second-order valence-corrected chi connectivity index (χ2v) is 5.13. The van der Waals surface area contributed by atoms with Crippen LogP contribution in [0.3, 0.4) is 0 Å². The molecule has 7 heteroatoms. The lowest BCUT2D eigenvalue weighted by atomic mass is 10.2. The summed E-state index contributed by atoms with van der Waals surface area (Å²) in [6.45, 7) is 1.96. The van der Waals surface area contributed by atoms with Gasteiger partial charge in [0.1, 0.15) is 5.01 Å². The molecule has 0 radical (unpaired) electrons. The third-order valence-corrected chi connectivity index (χ3v) is 3.59. The van der Waals surface area contributed by atoms with E-state index in [4.69, 9.17) is 4.74 Å². The van der Waals surface area contributed by atoms with Crippen molar-refractivity contribution in [2.75, 3.05) is 12.4 Å². The molecule has 0 unspecified atom stereocenters. The van der Waals surface area contributed by atoms with E-state index in [9.17, 15) is 9.18 Å². The summed E-state index contributed by atoms with van der Waals surface area (Å²) in [6.07, 6.45) is 3.60. The molecule has 110 valence electrons. The zero-order valence-corrected chi connectivity index (χ0v) is 12.4. The van der Waals surface area contributed by atoms with Crippen molar-refractivity contribution in [3.05, 3.63) is 40.7 Å². The Balaban J connectivity index is 2.00. The third kappa shape index (κ3) is 4.09. The summed E-state index contributed by atoms with van der Waals surface area (Å²) in [4.78, 5) is 11.7. The number of benzene rings is 1. The molecular formula is C14H14FN3O2S. The van der Waals surface area contributed by atoms with Crippen LogP contribution in [0, 0.1) is 5.82 Å². The van der Waals surface area contributed by atoms with Gasteiger partial charge in [0.15, 0.2) is 11.6 Å². The number of halogens is 1. The first kappa shape index (κ1) is 15.1. The fourth-order valence-electron chi connectivity index (χ4n) is 1.55. The van der Waals surface area contributed by atoms with E-state index >= 15 is 0 Å². The monoisotopic (exact) mass is 307 g/mol. The maximum absolute atomic E-state index is 13.5. The fourth-order valence-corrected chi connectivity index (χ4v) is 2.23. The first-order valence-corrected chi connectivity index (χ1v) is 7.09. The highest BCUT2D eigenvalue weighted by Gasteiger charge is 2.05. The van der Waals surface area contributed by atoms with Gasteiger partial charge in [-0.05, 0) is 30.2 Å². The summed E-state index contributed by atoms with van der Waals surface area (Å²) in [6, 6.07) is 4.46.